The Bertz CT molecular complexity index is 1210. The van der Waals surface area contributed by atoms with Crippen LogP contribution >= 0.6 is 0 Å². The zero-order chi connectivity index (χ0) is 24.7. The highest BCUT2D eigenvalue weighted by atomic mass is 32.2. The van der Waals surface area contributed by atoms with Gasteiger partial charge < -0.3 is 9.73 Å². The lowest BCUT2D eigenvalue weighted by Crippen LogP contribution is -2.55. The van der Waals surface area contributed by atoms with Crippen LogP contribution in [0, 0.1) is 12.8 Å². The molecule has 1 aromatic heterocycles. The van der Waals surface area contributed by atoms with Gasteiger partial charge in [0.05, 0.1) is 24.2 Å². The van der Waals surface area contributed by atoms with E-state index in [1.165, 1.54) is 23.3 Å². The van der Waals surface area contributed by atoms with Gasteiger partial charge in [-0.3, -0.25) is 14.5 Å². The third-order valence-corrected chi connectivity index (χ3v) is 6.72. The van der Waals surface area contributed by atoms with Gasteiger partial charge in [-0.05, 0) is 48.7 Å². The summed E-state index contributed by atoms with van der Waals surface area (Å²) < 4.78 is 33.0. The van der Waals surface area contributed by atoms with Crippen LogP contribution in [-0.2, 0) is 26.2 Å². The summed E-state index contributed by atoms with van der Waals surface area (Å²) in [6, 6.07) is 17.6. The Morgan fingerprint density at radius 3 is 2.26 bits per heavy atom. The molecule has 1 atom stereocenters. The molecule has 3 rings (SSSR count). The highest BCUT2D eigenvalue weighted by Crippen LogP contribution is 2.25. The summed E-state index contributed by atoms with van der Waals surface area (Å²) in [5, 5.41) is 2.82. The summed E-state index contributed by atoms with van der Waals surface area (Å²) in [6.45, 7) is 5.18. The first-order valence-electron chi connectivity index (χ1n) is 10.9. The number of rotatable bonds is 10. The van der Waals surface area contributed by atoms with Gasteiger partial charge in [-0.2, -0.15) is 0 Å². The van der Waals surface area contributed by atoms with E-state index in [-0.39, 0.29) is 23.3 Å². The number of nitrogens with one attached hydrogen (secondary N) is 2. The van der Waals surface area contributed by atoms with Crippen molar-refractivity contribution in [2.45, 2.75) is 38.3 Å². The molecule has 2 amide bonds. The number of para-hydroxylation sites is 1. The van der Waals surface area contributed by atoms with Crippen LogP contribution < -0.4 is 14.9 Å². The number of hydrogen-bond donors (Lipinski definition) is 2. The predicted octanol–water partition coefficient (Wildman–Crippen LogP) is 3.24. The van der Waals surface area contributed by atoms with E-state index in [9.17, 15) is 18.0 Å². The third kappa shape index (κ3) is 6.12. The van der Waals surface area contributed by atoms with Gasteiger partial charge in [0.1, 0.15) is 11.8 Å². The molecule has 0 aliphatic rings. The highest BCUT2D eigenvalue weighted by Gasteiger charge is 2.34. The Morgan fingerprint density at radius 2 is 1.65 bits per heavy atom. The predicted molar refractivity (Wildman–Crippen MR) is 129 cm³/mol. The van der Waals surface area contributed by atoms with Crippen LogP contribution in [0.25, 0.3) is 0 Å². The largest absolute Gasteiger partial charge is 0.467 e. The molecule has 0 radical (unpaired) electrons. The molecule has 34 heavy (non-hydrogen) atoms. The first-order chi connectivity index (χ1) is 16.2. The van der Waals surface area contributed by atoms with Gasteiger partial charge in [0, 0.05) is 5.69 Å². The van der Waals surface area contributed by atoms with Crippen molar-refractivity contribution < 1.29 is 22.4 Å². The minimum absolute atomic E-state index is 0.0573. The van der Waals surface area contributed by atoms with Crippen LogP contribution in [0.2, 0.25) is 0 Å². The number of amides is 2. The van der Waals surface area contributed by atoms with Crippen LogP contribution in [0.3, 0.4) is 0 Å². The van der Waals surface area contributed by atoms with Gasteiger partial charge in [0.15, 0.2) is 0 Å². The second-order valence-electron chi connectivity index (χ2n) is 8.17. The average Bonchev–Trinajstić information content (AvgIpc) is 3.34. The molecule has 2 aromatic carbocycles. The van der Waals surface area contributed by atoms with Gasteiger partial charge in [0.2, 0.25) is 21.8 Å². The Morgan fingerprint density at radius 1 is 0.971 bits per heavy atom. The number of sulfonamides is 1. The lowest BCUT2D eigenvalue weighted by atomic mass is 9.99. The average molecular weight is 484 g/mol. The molecule has 1 heterocycles. The molecule has 2 N–H and O–H groups in total. The molecule has 0 bridgehead atoms. The quantitative estimate of drug-likeness (QED) is 0.460. The van der Waals surface area contributed by atoms with Gasteiger partial charge in [0.25, 0.3) is 0 Å². The van der Waals surface area contributed by atoms with Crippen LogP contribution in [0.4, 0.5) is 5.69 Å². The Balaban J connectivity index is 1.88. The summed E-state index contributed by atoms with van der Waals surface area (Å²) in [5.74, 6) is -0.583. The topological polar surface area (TPSA) is 109 Å². The van der Waals surface area contributed by atoms with Gasteiger partial charge in [-0.15, -0.1) is 0 Å². The normalized spacial score (nSPS) is 12.4. The molecular weight excluding hydrogens is 454 g/mol. The summed E-state index contributed by atoms with van der Waals surface area (Å²) in [6.07, 6.45) is 1.52. The Labute approximate surface area is 200 Å². The van der Waals surface area contributed by atoms with Crippen molar-refractivity contribution >= 4 is 27.5 Å². The number of carbonyl (C=O) groups excluding carboxylic acids is 2. The van der Waals surface area contributed by atoms with E-state index in [0.29, 0.717) is 11.4 Å². The second kappa shape index (κ2) is 11.1. The first-order valence-corrected chi connectivity index (χ1v) is 12.4. The van der Waals surface area contributed by atoms with Crippen LogP contribution in [0.5, 0.6) is 0 Å². The molecule has 3 aromatic rings. The number of anilines is 1. The van der Waals surface area contributed by atoms with E-state index in [1.807, 2.05) is 32.9 Å². The van der Waals surface area contributed by atoms with Crippen molar-refractivity contribution in [3.63, 3.8) is 0 Å². The smallest absolute Gasteiger partial charge is 0.243 e. The summed E-state index contributed by atoms with van der Waals surface area (Å²) in [7, 11) is -3.90. The summed E-state index contributed by atoms with van der Waals surface area (Å²) in [4.78, 5) is 28.1. The van der Waals surface area contributed by atoms with Crippen molar-refractivity contribution in [1.29, 1.82) is 0 Å². The molecule has 180 valence electrons. The molecular formula is C25H29N3O5S. The molecule has 0 saturated heterocycles. The van der Waals surface area contributed by atoms with Crippen LogP contribution in [0.1, 0.15) is 25.2 Å². The molecule has 0 aliphatic heterocycles. The zero-order valence-corrected chi connectivity index (χ0v) is 20.2. The Kier molecular flexibility index (Phi) is 8.25. The number of nitrogens with zero attached hydrogens (tertiary/aromatic N) is 1. The minimum atomic E-state index is -3.90. The fraction of sp³-hybridized carbons (Fsp3) is 0.280. The molecule has 0 fully saturated rings. The number of benzene rings is 2. The van der Waals surface area contributed by atoms with Gasteiger partial charge >= 0.3 is 0 Å². The number of hydrogen-bond acceptors (Lipinski definition) is 5. The third-order valence-electron chi connectivity index (χ3n) is 5.31. The summed E-state index contributed by atoms with van der Waals surface area (Å²) in [5.41, 5.74) is 1.32. The van der Waals surface area contributed by atoms with Crippen molar-refractivity contribution in [1.82, 2.24) is 10.0 Å². The Hall–Kier alpha value is -3.43. The van der Waals surface area contributed by atoms with Crippen molar-refractivity contribution in [3.05, 3.63) is 84.3 Å². The zero-order valence-electron chi connectivity index (χ0n) is 19.4. The van der Waals surface area contributed by atoms with E-state index < -0.39 is 28.5 Å². The minimum Gasteiger partial charge on any atom is -0.467 e. The van der Waals surface area contributed by atoms with E-state index in [2.05, 4.69) is 10.0 Å². The van der Waals surface area contributed by atoms with Crippen molar-refractivity contribution in [3.8, 4) is 0 Å². The lowest BCUT2D eigenvalue weighted by Gasteiger charge is -2.34. The van der Waals surface area contributed by atoms with E-state index in [1.54, 1.807) is 42.5 Å². The molecule has 0 aliphatic carbocycles. The van der Waals surface area contributed by atoms with E-state index >= 15 is 0 Å². The highest BCUT2D eigenvalue weighted by molar-refractivity contribution is 7.89. The van der Waals surface area contributed by atoms with Gasteiger partial charge in [-0.25, -0.2) is 13.1 Å². The van der Waals surface area contributed by atoms with Crippen molar-refractivity contribution in [2.24, 2.45) is 5.92 Å². The summed E-state index contributed by atoms with van der Waals surface area (Å²) >= 11 is 0. The molecule has 9 heteroatoms. The maximum atomic E-state index is 13.5. The van der Waals surface area contributed by atoms with Crippen molar-refractivity contribution in [2.75, 3.05) is 11.4 Å². The number of aryl methyl sites for hydroxylation is 1. The second-order valence-corrected chi connectivity index (χ2v) is 9.94. The molecule has 8 nitrogen and oxygen atoms in total. The molecule has 0 saturated carbocycles. The molecule has 0 spiro atoms. The van der Waals surface area contributed by atoms with E-state index in [0.717, 1.165) is 5.56 Å². The number of furan rings is 1. The van der Waals surface area contributed by atoms with Crippen LogP contribution in [-0.4, -0.2) is 32.8 Å². The monoisotopic (exact) mass is 483 g/mol. The number of carbonyl (C=O) groups is 2. The maximum Gasteiger partial charge on any atom is 0.243 e. The van der Waals surface area contributed by atoms with Crippen LogP contribution in [0.15, 0.2) is 82.3 Å². The fourth-order valence-electron chi connectivity index (χ4n) is 3.61. The first kappa shape index (κ1) is 25.2. The SMILES string of the molecule is Cc1ccccc1N(C(=O)CNS(=O)(=O)c1ccccc1)[C@@H](C(=O)NCc1ccco1)C(C)C. The molecule has 0 unspecified atom stereocenters. The fourth-order valence-corrected chi connectivity index (χ4v) is 4.60. The lowest BCUT2D eigenvalue weighted by molar-refractivity contribution is -0.127. The van der Waals surface area contributed by atoms with Gasteiger partial charge in [-0.1, -0.05) is 50.2 Å². The maximum absolute atomic E-state index is 13.5. The standard InChI is InChI=1S/C25H29N3O5S/c1-18(2)24(25(30)26-16-20-11-9-15-33-20)28(22-14-8-7-10-19(22)3)23(29)17-27-34(31,32)21-12-5-4-6-13-21/h4-15,18,24,27H,16-17H2,1-3H3,(H,26,30)/t24-/m1/s1. The van der Waals surface area contributed by atoms with E-state index in [4.69, 9.17) is 4.42 Å².